The molecule has 1 aliphatic heterocycles. The number of aromatic amines is 1. The Morgan fingerprint density at radius 3 is 3.50 bits per heavy atom. The second-order valence-corrected chi connectivity index (χ2v) is 2.84. The third-order valence-corrected chi connectivity index (χ3v) is 1.99. The highest BCUT2D eigenvalue weighted by molar-refractivity contribution is 4.78. The van der Waals surface area contributed by atoms with Crippen molar-refractivity contribution in [3.05, 3.63) is 18.2 Å². The molecule has 54 valence electrons. The van der Waals surface area contributed by atoms with Crippen molar-refractivity contribution in [1.29, 1.82) is 0 Å². The number of fused-ring (bicyclic) bond motifs is 1. The highest BCUT2D eigenvalue weighted by Crippen LogP contribution is 1.98. The van der Waals surface area contributed by atoms with E-state index in [-0.39, 0.29) is 0 Å². The van der Waals surface area contributed by atoms with E-state index in [0.717, 1.165) is 19.6 Å². The van der Waals surface area contributed by atoms with Crippen LogP contribution in [0, 0.1) is 0 Å². The first-order chi connectivity index (χ1) is 4.86. The lowest BCUT2D eigenvalue weighted by Gasteiger charge is -2.18. The van der Waals surface area contributed by atoms with Crippen molar-refractivity contribution in [2.24, 2.45) is 0 Å². The van der Waals surface area contributed by atoms with Gasteiger partial charge in [-0.05, 0) is 7.05 Å². The number of imidazole rings is 1. The lowest BCUT2D eigenvalue weighted by Crippen LogP contribution is -2.47. The van der Waals surface area contributed by atoms with E-state index < -0.39 is 0 Å². The molecular weight excluding hydrogens is 126 g/mol. The summed E-state index contributed by atoms with van der Waals surface area (Å²) in [5, 5.41) is 0. The molecule has 0 bridgehead atoms. The third kappa shape index (κ3) is 0.827. The predicted octanol–water partition coefficient (Wildman–Crippen LogP) is -0.252. The van der Waals surface area contributed by atoms with Crippen LogP contribution in [0.5, 0.6) is 0 Å². The van der Waals surface area contributed by atoms with E-state index in [9.17, 15) is 0 Å². The Hall–Kier alpha value is -0.830. The molecule has 1 N–H and O–H groups in total. The van der Waals surface area contributed by atoms with Gasteiger partial charge in [-0.3, -0.25) is 4.90 Å². The summed E-state index contributed by atoms with van der Waals surface area (Å²) in [6, 6.07) is 0. The van der Waals surface area contributed by atoms with Crippen LogP contribution in [0.25, 0.3) is 0 Å². The van der Waals surface area contributed by atoms with Gasteiger partial charge in [-0.2, -0.15) is 0 Å². The van der Waals surface area contributed by atoms with Crippen molar-refractivity contribution in [3.63, 3.8) is 0 Å². The zero-order valence-corrected chi connectivity index (χ0v) is 6.17. The third-order valence-electron chi connectivity index (χ3n) is 1.99. The zero-order valence-electron chi connectivity index (χ0n) is 6.17. The van der Waals surface area contributed by atoms with Gasteiger partial charge < -0.3 is 0 Å². The van der Waals surface area contributed by atoms with E-state index in [4.69, 9.17) is 0 Å². The van der Waals surface area contributed by atoms with Gasteiger partial charge in [0.25, 0.3) is 5.82 Å². The molecule has 10 heavy (non-hydrogen) atoms. The van der Waals surface area contributed by atoms with Crippen molar-refractivity contribution >= 4 is 0 Å². The fourth-order valence-corrected chi connectivity index (χ4v) is 1.36. The maximum absolute atomic E-state index is 3.21. The van der Waals surface area contributed by atoms with Gasteiger partial charge in [-0.1, -0.05) is 0 Å². The first kappa shape index (κ1) is 5.92. The molecule has 2 rings (SSSR count). The summed E-state index contributed by atoms with van der Waals surface area (Å²) in [6.45, 7) is 3.33. The Morgan fingerprint density at radius 2 is 2.60 bits per heavy atom. The van der Waals surface area contributed by atoms with Gasteiger partial charge in [0, 0.05) is 6.54 Å². The number of rotatable bonds is 0. The maximum atomic E-state index is 3.21. The van der Waals surface area contributed by atoms with E-state index in [1.165, 1.54) is 5.82 Å². The largest absolute Gasteiger partial charge is 0.291 e. The van der Waals surface area contributed by atoms with E-state index in [0.29, 0.717) is 0 Å². The van der Waals surface area contributed by atoms with Crippen molar-refractivity contribution < 1.29 is 4.57 Å². The molecule has 2 heterocycles. The monoisotopic (exact) mass is 138 g/mol. The highest BCUT2D eigenvalue weighted by atomic mass is 15.2. The summed E-state index contributed by atoms with van der Waals surface area (Å²) in [4.78, 5) is 5.52. The van der Waals surface area contributed by atoms with E-state index in [1.54, 1.807) is 0 Å². The van der Waals surface area contributed by atoms with Crippen molar-refractivity contribution in [2.75, 3.05) is 13.6 Å². The molecule has 1 aromatic rings. The molecule has 3 heteroatoms. The molecule has 0 fully saturated rings. The Kier molecular flexibility index (Phi) is 1.24. The van der Waals surface area contributed by atoms with Crippen molar-refractivity contribution in [1.82, 2.24) is 9.88 Å². The molecule has 0 radical (unpaired) electrons. The number of H-pyrrole nitrogens is 1. The zero-order chi connectivity index (χ0) is 6.97. The minimum Gasteiger partial charge on any atom is -0.291 e. The molecule has 0 atom stereocenters. The SMILES string of the molecule is CN1CC[n+]2cc[nH]c2C1. The quantitative estimate of drug-likeness (QED) is 0.491. The summed E-state index contributed by atoms with van der Waals surface area (Å²) >= 11 is 0. The molecule has 0 spiro atoms. The normalized spacial score (nSPS) is 18.9. The van der Waals surface area contributed by atoms with Crippen LogP contribution in [-0.2, 0) is 13.1 Å². The topological polar surface area (TPSA) is 22.9 Å². The second kappa shape index (κ2) is 2.09. The van der Waals surface area contributed by atoms with Gasteiger partial charge >= 0.3 is 0 Å². The maximum Gasteiger partial charge on any atom is 0.268 e. The number of hydrogen-bond acceptors (Lipinski definition) is 1. The van der Waals surface area contributed by atoms with Crippen molar-refractivity contribution in [2.45, 2.75) is 13.1 Å². The predicted molar refractivity (Wildman–Crippen MR) is 37.3 cm³/mol. The highest BCUT2D eigenvalue weighted by Gasteiger charge is 2.18. The number of likely N-dealkylation sites (N-methyl/N-ethyl adjacent to an activating group) is 1. The van der Waals surface area contributed by atoms with Crippen LogP contribution in [0.2, 0.25) is 0 Å². The fraction of sp³-hybridized carbons (Fsp3) is 0.571. The molecular formula is C7H12N3+. The van der Waals surface area contributed by atoms with Crippen LogP contribution < -0.4 is 4.57 Å². The van der Waals surface area contributed by atoms with Crippen molar-refractivity contribution in [3.8, 4) is 0 Å². The first-order valence-corrected chi connectivity index (χ1v) is 3.60. The molecule has 0 amide bonds. The number of aromatic nitrogens is 2. The van der Waals surface area contributed by atoms with Crippen LogP contribution in [-0.4, -0.2) is 23.5 Å². The van der Waals surface area contributed by atoms with Gasteiger partial charge in [-0.25, -0.2) is 9.55 Å². The molecule has 1 aliphatic rings. The number of nitrogens with zero attached hydrogens (tertiary/aromatic N) is 2. The number of hydrogen-bond donors (Lipinski definition) is 1. The van der Waals surface area contributed by atoms with E-state index >= 15 is 0 Å². The summed E-state index contributed by atoms with van der Waals surface area (Å²) in [5.41, 5.74) is 0. The minimum absolute atomic E-state index is 1.05. The summed E-state index contributed by atoms with van der Waals surface area (Å²) in [7, 11) is 2.14. The van der Waals surface area contributed by atoms with Crippen LogP contribution in [0.3, 0.4) is 0 Å². The standard InChI is InChI=1S/C7H11N3/c1-9-4-5-10-3-2-8-7(10)6-9/h2-3H,4-6H2,1H3/p+1. The Labute approximate surface area is 60.3 Å². The Morgan fingerprint density at radius 1 is 1.70 bits per heavy atom. The lowest BCUT2D eigenvalue weighted by molar-refractivity contribution is -0.710. The molecule has 0 unspecified atom stereocenters. The van der Waals surface area contributed by atoms with Crippen LogP contribution in [0.4, 0.5) is 0 Å². The van der Waals surface area contributed by atoms with Crippen LogP contribution in [0.15, 0.2) is 12.4 Å². The fourth-order valence-electron chi connectivity index (χ4n) is 1.36. The summed E-state index contributed by atoms with van der Waals surface area (Å²) in [5.74, 6) is 1.31. The molecule has 0 aliphatic carbocycles. The van der Waals surface area contributed by atoms with Gasteiger partial charge in [-0.15, -0.1) is 0 Å². The smallest absolute Gasteiger partial charge is 0.268 e. The summed E-state index contributed by atoms with van der Waals surface area (Å²) < 4.78 is 2.26. The van der Waals surface area contributed by atoms with Gasteiger partial charge in [0.05, 0.1) is 0 Å². The van der Waals surface area contributed by atoms with E-state index in [1.807, 2.05) is 6.20 Å². The Bertz CT molecular complexity index is 229. The molecule has 3 nitrogen and oxygen atoms in total. The van der Waals surface area contributed by atoms with Crippen LogP contribution in [0.1, 0.15) is 5.82 Å². The Balaban J connectivity index is 2.30. The average molecular weight is 138 g/mol. The molecule has 0 saturated carbocycles. The minimum atomic E-state index is 1.05. The van der Waals surface area contributed by atoms with Gasteiger partial charge in [0.1, 0.15) is 25.5 Å². The first-order valence-electron chi connectivity index (χ1n) is 3.60. The molecule has 0 saturated heterocycles. The average Bonchev–Trinajstić information content (AvgIpc) is 2.33. The second-order valence-electron chi connectivity index (χ2n) is 2.84. The molecule has 1 aromatic heterocycles. The van der Waals surface area contributed by atoms with Gasteiger partial charge in [0.2, 0.25) is 0 Å². The summed E-state index contributed by atoms with van der Waals surface area (Å²) in [6.07, 6.45) is 4.09. The van der Waals surface area contributed by atoms with Crippen LogP contribution >= 0.6 is 0 Å². The molecule has 0 aromatic carbocycles. The van der Waals surface area contributed by atoms with E-state index in [2.05, 4.69) is 27.7 Å². The number of nitrogens with one attached hydrogen (secondary N) is 1. The lowest BCUT2D eigenvalue weighted by atomic mass is 10.4. The van der Waals surface area contributed by atoms with Gasteiger partial charge in [0.15, 0.2) is 0 Å².